The number of benzene rings is 1. The van der Waals surface area contributed by atoms with E-state index in [0.29, 0.717) is 13.2 Å². The van der Waals surface area contributed by atoms with E-state index in [0.717, 1.165) is 55.6 Å². The van der Waals surface area contributed by atoms with Gasteiger partial charge in [0.2, 0.25) is 11.8 Å². The van der Waals surface area contributed by atoms with Crippen molar-refractivity contribution in [3.63, 3.8) is 0 Å². The van der Waals surface area contributed by atoms with Gasteiger partial charge < -0.3 is 15.4 Å². The summed E-state index contributed by atoms with van der Waals surface area (Å²) in [6.45, 7) is 5.26. The molecule has 1 unspecified atom stereocenters. The number of rotatable bonds is 10. The molecule has 0 spiro atoms. The Morgan fingerprint density at radius 2 is 1.61 bits per heavy atom. The standard InChI is InChI=1S/C26H38N2O3/c1-18(2)23(24(29)27-10-6-7-11-31-22-8-4-3-5-9-22)28-25(30)26-15-19-12-20(16-26)14-21(13-19)17-26/h3-5,8-9,18-21,23H,6-7,10-17H2,1-2H3,(H,27,29)(H,28,30). The molecule has 0 radical (unpaired) electrons. The Labute approximate surface area is 186 Å². The van der Waals surface area contributed by atoms with Gasteiger partial charge in [-0.15, -0.1) is 0 Å². The van der Waals surface area contributed by atoms with Crippen LogP contribution in [-0.4, -0.2) is 31.0 Å². The molecule has 4 fully saturated rings. The molecule has 31 heavy (non-hydrogen) atoms. The molecule has 170 valence electrons. The van der Waals surface area contributed by atoms with E-state index in [-0.39, 0.29) is 23.1 Å². The molecule has 0 aromatic heterocycles. The van der Waals surface area contributed by atoms with Crippen molar-refractivity contribution in [2.24, 2.45) is 29.1 Å². The van der Waals surface area contributed by atoms with Crippen LogP contribution in [0.2, 0.25) is 0 Å². The number of ether oxygens (including phenoxy) is 1. The van der Waals surface area contributed by atoms with E-state index < -0.39 is 6.04 Å². The minimum absolute atomic E-state index is 0.0583. The van der Waals surface area contributed by atoms with E-state index in [9.17, 15) is 9.59 Å². The van der Waals surface area contributed by atoms with Gasteiger partial charge in [-0.3, -0.25) is 9.59 Å². The predicted octanol–water partition coefficient (Wildman–Crippen LogP) is 4.32. The SMILES string of the molecule is CC(C)C(NC(=O)C12CC3CC(CC(C3)C1)C2)C(=O)NCCCCOc1ccccc1. The molecule has 2 N–H and O–H groups in total. The lowest BCUT2D eigenvalue weighted by molar-refractivity contribution is -0.149. The van der Waals surface area contributed by atoms with Gasteiger partial charge in [0.05, 0.1) is 6.61 Å². The summed E-state index contributed by atoms with van der Waals surface area (Å²) in [5.74, 6) is 3.19. The molecule has 5 rings (SSSR count). The molecule has 0 aliphatic heterocycles. The van der Waals surface area contributed by atoms with Crippen LogP contribution in [0.1, 0.15) is 65.2 Å². The van der Waals surface area contributed by atoms with Gasteiger partial charge in [0.15, 0.2) is 0 Å². The number of carbonyl (C=O) groups excluding carboxylic acids is 2. The summed E-state index contributed by atoms with van der Waals surface area (Å²) < 4.78 is 5.70. The Morgan fingerprint density at radius 1 is 1.00 bits per heavy atom. The molecule has 1 atom stereocenters. The lowest BCUT2D eigenvalue weighted by Gasteiger charge is -2.55. The summed E-state index contributed by atoms with van der Waals surface area (Å²) in [6.07, 6.45) is 8.75. The summed E-state index contributed by atoms with van der Waals surface area (Å²) >= 11 is 0. The van der Waals surface area contributed by atoms with Gasteiger partial charge in [-0.25, -0.2) is 0 Å². The first-order valence-corrected chi connectivity index (χ1v) is 12.2. The smallest absolute Gasteiger partial charge is 0.242 e. The van der Waals surface area contributed by atoms with Crippen molar-refractivity contribution in [3.05, 3.63) is 30.3 Å². The van der Waals surface area contributed by atoms with E-state index >= 15 is 0 Å². The van der Waals surface area contributed by atoms with Gasteiger partial charge in [-0.2, -0.15) is 0 Å². The van der Waals surface area contributed by atoms with Crippen molar-refractivity contribution in [1.82, 2.24) is 10.6 Å². The Kier molecular flexibility index (Phi) is 6.88. The van der Waals surface area contributed by atoms with Crippen LogP contribution in [0.4, 0.5) is 0 Å². The van der Waals surface area contributed by atoms with Crippen molar-refractivity contribution < 1.29 is 14.3 Å². The highest BCUT2D eigenvalue weighted by atomic mass is 16.5. The summed E-state index contributed by atoms with van der Waals surface area (Å²) in [5.41, 5.74) is -0.211. The average Bonchev–Trinajstić information content (AvgIpc) is 2.73. The maximum Gasteiger partial charge on any atom is 0.242 e. The van der Waals surface area contributed by atoms with E-state index in [1.807, 2.05) is 44.2 Å². The second kappa shape index (κ2) is 9.62. The second-order valence-corrected chi connectivity index (χ2v) is 10.6. The van der Waals surface area contributed by atoms with E-state index in [1.165, 1.54) is 19.3 Å². The predicted molar refractivity (Wildman–Crippen MR) is 122 cm³/mol. The zero-order chi connectivity index (χ0) is 21.8. The number of hydrogen-bond acceptors (Lipinski definition) is 3. The quantitative estimate of drug-likeness (QED) is 0.548. The zero-order valence-corrected chi connectivity index (χ0v) is 19.1. The number of unbranched alkanes of at least 4 members (excludes halogenated alkanes) is 1. The molecule has 4 aliphatic carbocycles. The van der Waals surface area contributed by atoms with Crippen molar-refractivity contribution >= 4 is 11.8 Å². The van der Waals surface area contributed by atoms with Crippen LogP contribution in [0.5, 0.6) is 5.75 Å². The molecule has 4 aliphatic rings. The Morgan fingerprint density at radius 3 is 2.19 bits per heavy atom. The number of carbonyl (C=O) groups is 2. The first-order chi connectivity index (χ1) is 14.9. The number of para-hydroxylation sites is 1. The summed E-state index contributed by atoms with van der Waals surface area (Å²) in [6, 6.07) is 9.32. The Hall–Kier alpha value is -2.04. The fraction of sp³-hybridized carbons (Fsp3) is 0.692. The maximum absolute atomic E-state index is 13.4. The third-order valence-electron chi connectivity index (χ3n) is 7.64. The largest absolute Gasteiger partial charge is 0.494 e. The van der Waals surface area contributed by atoms with Crippen LogP contribution in [0.15, 0.2) is 30.3 Å². The maximum atomic E-state index is 13.4. The summed E-state index contributed by atoms with van der Waals surface area (Å²) in [4.78, 5) is 26.2. The Bertz CT molecular complexity index is 726. The van der Waals surface area contributed by atoms with Gasteiger partial charge in [0.25, 0.3) is 0 Å². The summed E-state index contributed by atoms with van der Waals surface area (Å²) in [5, 5.41) is 6.20. The molecule has 0 saturated heterocycles. The van der Waals surface area contributed by atoms with E-state index in [1.54, 1.807) is 0 Å². The third-order valence-corrected chi connectivity index (χ3v) is 7.64. The Balaban J connectivity index is 1.22. The van der Waals surface area contributed by atoms with Gasteiger partial charge in [-0.1, -0.05) is 32.0 Å². The van der Waals surface area contributed by atoms with Gasteiger partial charge in [0.1, 0.15) is 11.8 Å². The normalized spacial score (nSPS) is 29.6. The molecule has 4 bridgehead atoms. The molecule has 2 amide bonds. The van der Waals surface area contributed by atoms with Crippen LogP contribution in [0.25, 0.3) is 0 Å². The fourth-order valence-corrected chi connectivity index (χ4v) is 6.47. The molecular formula is C26H38N2O3. The first kappa shape index (κ1) is 22.2. The molecule has 0 heterocycles. The minimum atomic E-state index is -0.457. The lowest BCUT2D eigenvalue weighted by Crippen LogP contribution is -2.58. The van der Waals surface area contributed by atoms with Crippen LogP contribution >= 0.6 is 0 Å². The van der Waals surface area contributed by atoms with Crippen molar-refractivity contribution in [2.75, 3.05) is 13.2 Å². The van der Waals surface area contributed by atoms with E-state index in [4.69, 9.17) is 4.74 Å². The topological polar surface area (TPSA) is 67.4 Å². The lowest BCUT2D eigenvalue weighted by atomic mass is 9.49. The number of nitrogens with one attached hydrogen (secondary N) is 2. The molecular weight excluding hydrogens is 388 g/mol. The van der Waals surface area contributed by atoms with Gasteiger partial charge in [0, 0.05) is 12.0 Å². The van der Waals surface area contributed by atoms with Gasteiger partial charge in [-0.05, 0) is 87.2 Å². The van der Waals surface area contributed by atoms with E-state index in [2.05, 4.69) is 10.6 Å². The van der Waals surface area contributed by atoms with Crippen LogP contribution in [-0.2, 0) is 9.59 Å². The molecule has 5 nitrogen and oxygen atoms in total. The van der Waals surface area contributed by atoms with Crippen LogP contribution in [0, 0.1) is 29.1 Å². The zero-order valence-electron chi connectivity index (χ0n) is 19.1. The first-order valence-electron chi connectivity index (χ1n) is 12.2. The molecule has 5 heteroatoms. The average molecular weight is 427 g/mol. The molecule has 4 saturated carbocycles. The second-order valence-electron chi connectivity index (χ2n) is 10.6. The minimum Gasteiger partial charge on any atom is -0.494 e. The van der Waals surface area contributed by atoms with Crippen molar-refractivity contribution in [1.29, 1.82) is 0 Å². The molecule has 1 aromatic rings. The third kappa shape index (κ3) is 5.24. The van der Waals surface area contributed by atoms with Gasteiger partial charge >= 0.3 is 0 Å². The van der Waals surface area contributed by atoms with Crippen molar-refractivity contribution in [3.8, 4) is 5.75 Å². The highest BCUT2D eigenvalue weighted by Gasteiger charge is 2.55. The highest BCUT2D eigenvalue weighted by molar-refractivity contribution is 5.90. The summed E-state index contributed by atoms with van der Waals surface area (Å²) in [7, 11) is 0. The number of amides is 2. The molecule has 1 aromatic carbocycles. The monoisotopic (exact) mass is 426 g/mol. The fourth-order valence-electron chi connectivity index (χ4n) is 6.47. The number of hydrogen-bond donors (Lipinski definition) is 2. The van der Waals surface area contributed by atoms with Crippen LogP contribution in [0.3, 0.4) is 0 Å². The van der Waals surface area contributed by atoms with Crippen LogP contribution < -0.4 is 15.4 Å². The highest BCUT2D eigenvalue weighted by Crippen LogP contribution is 2.60. The van der Waals surface area contributed by atoms with Crippen molar-refractivity contribution in [2.45, 2.75) is 71.3 Å².